The Morgan fingerprint density at radius 3 is 2.95 bits per heavy atom. The molecule has 1 unspecified atom stereocenters. The first-order valence-corrected chi connectivity index (χ1v) is 6.79. The van der Waals surface area contributed by atoms with Crippen molar-refractivity contribution in [2.24, 2.45) is 0 Å². The summed E-state index contributed by atoms with van der Waals surface area (Å²) >= 11 is 0. The number of anilines is 1. The van der Waals surface area contributed by atoms with Crippen molar-refractivity contribution in [3.63, 3.8) is 0 Å². The number of nitrogens with one attached hydrogen (secondary N) is 1. The molecule has 1 amide bonds. The number of nitrogens with zero attached hydrogens (tertiary/aromatic N) is 1. The minimum absolute atomic E-state index is 0.0416. The van der Waals surface area contributed by atoms with Gasteiger partial charge in [-0.05, 0) is 38.1 Å². The number of amides is 1. The fraction of sp³-hybridized carbons (Fsp3) is 0.500. The second-order valence-corrected chi connectivity index (χ2v) is 5.06. The summed E-state index contributed by atoms with van der Waals surface area (Å²) in [4.78, 5) is 14.3. The molecule has 3 N–H and O–H groups in total. The van der Waals surface area contributed by atoms with Crippen molar-refractivity contribution in [3.8, 4) is 0 Å². The summed E-state index contributed by atoms with van der Waals surface area (Å²) in [5.41, 5.74) is 4.64. The molecule has 0 saturated carbocycles. The predicted octanol–water partition coefficient (Wildman–Crippen LogP) is 1.76. The zero-order valence-electron chi connectivity index (χ0n) is 11.5. The second-order valence-electron chi connectivity index (χ2n) is 5.06. The number of rotatable bonds is 3. The first-order valence-electron chi connectivity index (χ1n) is 6.79. The van der Waals surface area contributed by atoms with E-state index >= 15 is 0 Å². The van der Waals surface area contributed by atoms with Gasteiger partial charge in [0.25, 0.3) is 5.91 Å². The van der Waals surface area contributed by atoms with E-state index in [0.29, 0.717) is 0 Å². The van der Waals surface area contributed by atoms with Gasteiger partial charge in [-0.25, -0.2) is 8.78 Å². The Bertz CT molecular complexity index is 507. The van der Waals surface area contributed by atoms with Gasteiger partial charge < -0.3 is 16.0 Å². The molecule has 0 bridgehead atoms. The lowest BCUT2D eigenvalue weighted by Crippen LogP contribution is -2.47. The number of piperidine rings is 1. The number of nitrogens with two attached hydrogens (primary N) is 1. The number of carbonyl (C=O) groups is 1. The number of benzene rings is 1. The molecule has 4 nitrogen and oxygen atoms in total. The normalized spacial score (nSPS) is 19.9. The van der Waals surface area contributed by atoms with E-state index in [1.54, 1.807) is 0 Å². The molecule has 1 aromatic carbocycles. The Labute approximate surface area is 116 Å². The van der Waals surface area contributed by atoms with Crippen LogP contribution in [0.25, 0.3) is 0 Å². The number of hydrogen-bond donors (Lipinski definition) is 2. The summed E-state index contributed by atoms with van der Waals surface area (Å²) in [5, 5.41) is 2.75. The SMILES string of the molecule is CCN1CCCC(NC(=O)c2cc(F)cc(N)c2F)C1. The number of likely N-dealkylation sites (N-methyl/N-ethyl adjacent to an activating group) is 1. The zero-order chi connectivity index (χ0) is 14.7. The topological polar surface area (TPSA) is 58.4 Å². The van der Waals surface area contributed by atoms with Crippen LogP contribution in [0.4, 0.5) is 14.5 Å². The number of halogens is 2. The fourth-order valence-electron chi connectivity index (χ4n) is 2.50. The third-order valence-corrected chi connectivity index (χ3v) is 3.60. The highest BCUT2D eigenvalue weighted by Crippen LogP contribution is 2.18. The minimum atomic E-state index is -0.868. The molecule has 1 aromatic rings. The maximum absolute atomic E-state index is 13.8. The smallest absolute Gasteiger partial charge is 0.254 e. The average Bonchev–Trinajstić information content (AvgIpc) is 2.43. The summed E-state index contributed by atoms with van der Waals surface area (Å²) in [6, 6.07) is 1.70. The molecule has 2 rings (SSSR count). The van der Waals surface area contributed by atoms with Crippen LogP contribution in [-0.2, 0) is 0 Å². The number of hydrogen-bond acceptors (Lipinski definition) is 3. The van der Waals surface area contributed by atoms with E-state index in [-0.39, 0.29) is 17.3 Å². The third kappa shape index (κ3) is 3.25. The maximum Gasteiger partial charge on any atom is 0.254 e. The Balaban J connectivity index is 2.08. The van der Waals surface area contributed by atoms with Crippen molar-refractivity contribution in [3.05, 3.63) is 29.3 Å². The Kier molecular flexibility index (Phi) is 4.54. The van der Waals surface area contributed by atoms with Gasteiger partial charge in [0.15, 0.2) is 5.82 Å². The highest BCUT2D eigenvalue weighted by molar-refractivity contribution is 5.95. The summed E-state index contributed by atoms with van der Waals surface area (Å²) in [6.07, 6.45) is 1.82. The van der Waals surface area contributed by atoms with Crippen molar-refractivity contribution in [1.29, 1.82) is 0 Å². The minimum Gasteiger partial charge on any atom is -0.396 e. The highest BCUT2D eigenvalue weighted by atomic mass is 19.1. The molecule has 0 aromatic heterocycles. The summed E-state index contributed by atoms with van der Waals surface area (Å²) in [6.45, 7) is 4.70. The quantitative estimate of drug-likeness (QED) is 0.831. The molecule has 0 aliphatic carbocycles. The molecule has 110 valence electrons. The molecular formula is C14H19F2N3O. The molecule has 1 fully saturated rings. The van der Waals surface area contributed by atoms with E-state index in [1.165, 1.54) is 0 Å². The van der Waals surface area contributed by atoms with Crippen LogP contribution in [0.2, 0.25) is 0 Å². The Hall–Kier alpha value is -1.69. The molecule has 6 heteroatoms. The van der Waals surface area contributed by atoms with Gasteiger partial charge in [0.05, 0.1) is 11.3 Å². The van der Waals surface area contributed by atoms with E-state index in [2.05, 4.69) is 17.1 Å². The van der Waals surface area contributed by atoms with Crippen LogP contribution in [0.15, 0.2) is 12.1 Å². The van der Waals surface area contributed by atoms with Crippen LogP contribution >= 0.6 is 0 Å². The monoisotopic (exact) mass is 283 g/mol. The molecule has 1 heterocycles. The lowest BCUT2D eigenvalue weighted by molar-refractivity contribution is 0.0901. The third-order valence-electron chi connectivity index (χ3n) is 3.60. The van der Waals surface area contributed by atoms with Gasteiger partial charge in [0, 0.05) is 12.6 Å². The number of nitrogen functional groups attached to an aromatic ring is 1. The maximum atomic E-state index is 13.8. The van der Waals surface area contributed by atoms with Crippen LogP contribution < -0.4 is 11.1 Å². The van der Waals surface area contributed by atoms with Gasteiger partial charge in [-0.2, -0.15) is 0 Å². The molecule has 0 radical (unpaired) electrons. The molecule has 1 aliphatic rings. The summed E-state index contributed by atoms with van der Waals surface area (Å²) in [7, 11) is 0. The van der Waals surface area contributed by atoms with E-state index in [4.69, 9.17) is 5.73 Å². The molecule has 1 saturated heterocycles. The average molecular weight is 283 g/mol. The fourth-order valence-corrected chi connectivity index (χ4v) is 2.50. The van der Waals surface area contributed by atoms with Crippen LogP contribution in [0.5, 0.6) is 0 Å². The Morgan fingerprint density at radius 2 is 2.25 bits per heavy atom. The standard InChI is InChI=1S/C14H19F2N3O/c1-2-19-5-3-4-10(8-19)18-14(20)11-6-9(15)7-12(17)13(11)16/h6-7,10H,2-5,8,17H2,1H3,(H,18,20). The van der Waals surface area contributed by atoms with Gasteiger partial charge in [-0.3, -0.25) is 4.79 Å². The van der Waals surface area contributed by atoms with Gasteiger partial charge >= 0.3 is 0 Å². The molecule has 1 atom stereocenters. The molecule has 1 aliphatic heterocycles. The van der Waals surface area contributed by atoms with Crippen molar-refractivity contribution >= 4 is 11.6 Å². The van der Waals surface area contributed by atoms with Crippen LogP contribution in [0.1, 0.15) is 30.1 Å². The first kappa shape index (κ1) is 14.7. The van der Waals surface area contributed by atoms with Crippen molar-refractivity contribution in [1.82, 2.24) is 10.2 Å². The summed E-state index contributed by atoms with van der Waals surface area (Å²) < 4.78 is 27.0. The van der Waals surface area contributed by atoms with Crippen molar-refractivity contribution < 1.29 is 13.6 Å². The van der Waals surface area contributed by atoms with Crippen LogP contribution in [0, 0.1) is 11.6 Å². The zero-order valence-corrected chi connectivity index (χ0v) is 11.5. The molecule has 20 heavy (non-hydrogen) atoms. The van der Waals surface area contributed by atoms with Crippen molar-refractivity contribution in [2.75, 3.05) is 25.4 Å². The Morgan fingerprint density at radius 1 is 1.50 bits per heavy atom. The van der Waals surface area contributed by atoms with Crippen molar-refractivity contribution in [2.45, 2.75) is 25.8 Å². The van der Waals surface area contributed by atoms with E-state index in [9.17, 15) is 13.6 Å². The second kappa shape index (κ2) is 6.17. The largest absolute Gasteiger partial charge is 0.396 e. The van der Waals surface area contributed by atoms with Gasteiger partial charge in [0.2, 0.25) is 0 Å². The predicted molar refractivity (Wildman–Crippen MR) is 73.4 cm³/mol. The van der Waals surface area contributed by atoms with Crippen LogP contribution in [0.3, 0.4) is 0 Å². The van der Waals surface area contributed by atoms with E-state index < -0.39 is 17.5 Å². The molecular weight excluding hydrogens is 264 g/mol. The number of carbonyl (C=O) groups excluding carboxylic acids is 1. The van der Waals surface area contributed by atoms with Crippen LogP contribution in [-0.4, -0.2) is 36.5 Å². The molecule has 0 spiro atoms. The lowest BCUT2D eigenvalue weighted by Gasteiger charge is -2.32. The van der Waals surface area contributed by atoms with Gasteiger partial charge in [-0.1, -0.05) is 6.92 Å². The lowest BCUT2D eigenvalue weighted by atomic mass is 10.0. The van der Waals surface area contributed by atoms with Gasteiger partial charge in [0.1, 0.15) is 5.82 Å². The van der Waals surface area contributed by atoms with E-state index in [1.807, 2.05) is 0 Å². The van der Waals surface area contributed by atoms with E-state index in [0.717, 1.165) is 44.6 Å². The number of likely N-dealkylation sites (tertiary alicyclic amines) is 1. The summed E-state index contributed by atoms with van der Waals surface area (Å²) in [5.74, 6) is -2.20. The first-order chi connectivity index (χ1) is 9.51. The highest BCUT2D eigenvalue weighted by Gasteiger charge is 2.23. The van der Waals surface area contributed by atoms with Gasteiger partial charge in [-0.15, -0.1) is 0 Å².